The molecule has 2 heterocycles. The Morgan fingerprint density at radius 3 is 2.95 bits per heavy atom. The van der Waals surface area contributed by atoms with E-state index in [0.717, 1.165) is 16.5 Å². The molecule has 0 aliphatic rings. The molecule has 0 bridgehead atoms. The molecule has 3 rings (SSSR count). The van der Waals surface area contributed by atoms with Gasteiger partial charge in [0.1, 0.15) is 0 Å². The average Bonchev–Trinajstić information content (AvgIpc) is 2.96. The number of rotatable bonds is 3. The molecule has 2 N–H and O–H groups in total. The molecule has 98 valence electrons. The molecular formula is C13H13IN4O. The predicted molar refractivity (Wildman–Crippen MR) is 83.1 cm³/mol. The summed E-state index contributed by atoms with van der Waals surface area (Å²) in [6.07, 6.45) is 1.98. The first-order valence-electron chi connectivity index (χ1n) is 6.00. The van der Waals surface area contributed by atoms with E-state index in [0.29, 0.717) is 11.9 Å². The van der Waals surface area contributed by atoms with Gasteiger partial charge in [0, 0.05) is 32.3 Å². The molecule has 0 aliphatic carbocycles. The van der Waals surface area contributed by atoms with Crippen molar-refractivity contribution < 1.29 is 4.42 Å². The molecule has 0 unspecified atom stereocenters. The van der Waals surface area contributed by atoms with Crippen LogP contribution in [0.2, 0.25) is 0 Å². The first-order chi connectivity index (χ1) is 9.13. The number of hydrogen-bond acceptors (Lipinski definition) is 4. The van der Waals surface area contributed by atoms with Gasteiger partial charge in [-0.15, -0.1) is 5.10 Å². The largest absolute Gasteiger partial charge is 0.403 e. The SMILES string of the molecule is CC(C)Nc1nnc(-c2ccc3[nH]cc(I)c3c2)o1. The van der Waals surface area contributed by atoms with Crippen LogP contribution in [0.5, 0.6) is 0 Å². The van der Waals surface area contributed by atoms with E-state index in [-0.39, 0.29) is 6.04 Å². The van der Waals surface area contributed by atoms with Crippen molar-refractivity contribution in [2.75, 3.05) is 5.32 Å². The van der Waals surface area contributed by atoms with E-state index in [2.05, 4.69) is 49.2 Å². The standard InChI is InChI=1S/C13H13IN4O/c1-7(2)16-13-18-17-12(19-13)8-3-4-11-9(5-8)10(14)6-15-11/h3-7,15H,1-2H3,(H,16,18). The van der Waals surface area contributed by atoms with Gasteiger partial charge in [0.2, 0.25) is 5.89 Å². The molecule has 3 aromatic rings. The quantitative estimate of drug-likeness (QED) is 0.693. The molecule has 0 radical (unpaired) electrons. The van der Waals surface area contributed by atoms with E-state index >= 15 is 0 Å². The minimum absolute atomic E-state index is 0.265. The van der Waals surface area contributed by atoms with Crippen molar-refractivity contribution in [3.63, 3.8) is 0 Å². The normalized spacial score (nSPS) is 11.4. The van der Waals surface area contributed by atoms with Gasteiger partial charge < -0.3 is 14.7 Å². The van der Waals surface area contributed by atoms with Crippen molar-refractivity contribution in [1.82, 2.24) is 15.2 Å². The maximum atomic E-state index is 5.60. The highest BCUT2D eigenvalue weighted by Crippen LogP contribution is 2.27. The van der Waals surface area contributed by atoms with Crippen LogP contribution in [0.1, 0.15) is 13.8 Å². The second-order valence-corrected chi connectivity index (χ2v) is 5.77. The Balaban J connectivity index is 1.99. The number of nitrogens with one attached hydrogen (secondary N) is 2. The monoisotopic (exact) mass is 368 g/mol. The maximum Gasteiger partial charge on any atom is 0.315 e. The van der Waals surface area contributed by atoms with E-state index in [4.69, 9.17) is 4.42 Å². The Morgan fingerprint density at radius 2 is 2.16 bits per heavy atom. The summed E-state index contributed by atoms with van der Waals surface area (Å²) in [4.78, 5) is 3.21. The van der Waals surface area contributed by atoms with E-state index in [1.807, 2.05) is 32.2 Å². The molecule has 6 heteroatoms. The van der Waals surface area contributed by atoms with Crippen molar-refractivity contribution in [3.8, 4) is 11.5 Å². The lowest BCUT2D eigenvalue weighted by molar-refractivity contribution is 0.574. The molecule has 2 aromatic heterocycles. The average molecular weight is 368 g/mol. The molecule has 0 saturated heterocycles. The van der Waals surface area contributed by atoms with Crippen LogP contribution >= 0.6 is 22.6 Å². The lowest BCUT2D eigenvalue weighted by Gasteiger charge is -2.02. The molecular weight excluding hydrogens is 355 g/mol. The Hall–Kier alpha value is -1.57. The number of benzene rings is 1. The molecule has 5 nitrogen and oxygen atoms in total. The fourth-order valence-electron chi connectivity index (χ4n) is 1.86. The Labute approximate surface area is 123 Å². The summed E-state index contributed by atoms with van der Waals surface area (Å²) in [6, 6.07) is 6.77. The molecule has 1 aromatic carbocycles. The van der Waals surface area contributed by atoms with Gasteiger partial charge >= 0.3 is 6.01 Å². The molecule has 0 fully saturated rings. The van der Waals surface area contributed by atoms with Crippen LogP contribution in [0.4, 0.5) is 6.01 Å². The second kappa shape index (κ2) is 4.84. The van der Waals surface area contributed by atoms with Crippen molar-refractivity contribution in [1.29, 1.82) is 0 Å². The molecule has 0 aliphatic heterocycles. The number of H-pyrrole nitrogens is 1. The van der Waals surface area contributed by atoms with Crippen molar-refractivity contribution in [2.24, 2.45) is 0 Å². The fourth-order valence-corrected chi connectivity index (χ4v) is 2.47. The van der Waals surface area contributed by atoms with Crippen LogP contribution in [0.25, 0.3) is 22.4 Å². The summed E-state index contributed by atoms with van der Waals surface area (Å²) in [7, 11) is 0. The third-order valence-corrected chi connectivity index (χ3v) is 3.61. The van der Waals surface area contributed by atoms with Gasteiger partial charge in [-0.2, -0.15) is 0 Å². The van der Waals surface area contributed by atoms with Gasteiger partial charge in [0.25, 0.3) is 0 Å². The summed E-state index contributed by atoms with van der Waals surface area (Å²) < 4.78 is 6.78. The smallest absolute Gasteiger partial charge is 0.315 e. The number of aromatic amines is 1. The van der Waals surface area contributed by atoms with Gasteiger partial charge in [0.05, 0.1) is 0 Å². The summed E-state index contributed by atoms with van der Waals surface area (Å²) in [5.41, 5.74) is 2.03. The predicted octanol–water partition coefficient (Wildman–Crippen LogP) is 3.64. The van der Waals surface area contributed by atoms with Crippen LogP contribution in [-0.4, -0.2) is 21.2 Å². The molecule has 0 spiro atoms. The molecule has 0 saturated carbocycles. The van der Waals surface area contributed by atoms with E-state index in [1.54, 1.807) is 0 Å². The minimum atomic E-state index is 0.265. The zero-order chi connectivity index (χ0) is 13.4. The zero-order valence-electron chi connectivity index (χ0n) is 10.6. The Bertz CT molecular complexity index is 716. The third-order valence-electron chi connectivity index (χ3n) is 2.72. The van der Waals surface area contributed by atoms with E-state index in [1.165, 1.54) is 3.57 Å². The van der Waals surface area contributed by atoms with Crippen LogP contribution < -0.4 is 5.32 Å². The second-order valence-electron chi connectivity index (χ2n) is 4.61. The molecule has 0 atom stereocenters. The first-order valence-corrected chi connectivity index (χ1v) is 7.08. The third kappa shape index (κ3) is 2.44. The summed E-state index contributed by atoms with van der Waals surface area (Å²) in [6.45, 7) is 4.05. The van der Waals surface area contributed by atoms with Crippen LogP contribution in [-0.2, 0) is 0 Å². The van der Waals surface area contributed by atoms with Gasteiger partial charge in [-0.3, -0.25) is 0 Å². The first kappa shape index (κ1) is 12.5. The minimum Gasteiger partial charge on any atom is -0.403 e. The zero-order valence-corrected chi connectivity index (χ0v) is 12.7. The van der Waals surface area contributed by atoms with Gasteiger partial charge in [-0.1, -0.05) is 5.10 Å². The fraction of sp³-hybridized carbons (Fsp3) is 0.231. The number of halogens is 1. The summed E-state index contributed by atoms with van der Waals surface area (Å²) >= 11 is 2.30. The highest BCUT2D eigenvalue weighted by Gasteiger charge is 2.11. The van der Waals surface area contributed by atoms with Crippen molar-refractivity contribution in [3.05, 3.63) is 28.0 Å². The number of anilines is 1. The van der Waals surface area contributed by atoms with E-state index in [9.17, 15) is 0 Å². The lowest BCUT2D eigenvalue weighted by Crippen LogP contribution is -2.09. The number of aromatic nitrogens is 3. The number of nitrogens with zero attached hydrogens (tertiary/aromatic N) is 2. The van der Waals surface area contributed by atoms with Crippen LogP contribution in [0.3, 0.4) is 0 Å². The van der Waals surface area contributed by atoms with Gasteiger partial charge in [-0.25, -0.2) is 0 Å². The topological polar surface area (TPSA) is 66.7 Å². The highest BCUT2D eigenvalue weighted by atomic mass is 127. The van der Waals surface area contributed by atoms with Crippen molar-refractivity contribution >= 4 is 39.5 Å². The van der Waals surface area contributed by atoms with Gasteiger partial charge in [0.15, 0.2) is 0 Å². The maximum absolute atomic E-state index is 5.60. The summed E-state index contributed by atoms with van der Waals surface area (Å²) in [5.74, 6) is 0.530. The molecule has 19 heavy (non-hydrogen) atoms. The van der Waals surface area contributed by atoms with Crippen LogP contribution in [0, 0.1) is 3.57 Å². The number of fused-ring (bicyclic) bond motifs is 1. The summed E-state index contributed by atoms with van der Waals surface area (Å²) in [5, 5.41) is 12.3. The Kier molecular flexibility index (Phi) is 3.17. The highest BCUT2D eigenvalue weighted by molar-refractivity contribution is 14.1. The van der Waals surface area contributed by atoms with Crippen LogP contribution in [0.15, 0.2) is 28.8 Å². The Morgan fingerprint density at radius 1 is 1.32 bits per heavy atom. The van der Waals surface area contributed by atoms with Gasteiger partial charge in [-0.05, 0) is 54.6 Å². The number of hydrogen-bond donors (Lipinski definition) is 2. The molecule has 0 amide bonds. The van der Waals surface area contributed by atoms with Crippen molar-refractivity contribution in [2.45, 2.75) is 19.9 Å². The lowest BCUT2D eigenvalue weighted by atomic mass is 10.1. The van der Waals surface area contributed by atoms with E-state index < -0.39 is 0 Å².